The zero-order valence-electron chi connectivity index (χ0n) is 10.5. The van der Waals surface area contributed by atoms with Crippen molar-refractivity contribution in [2.24, 2.45) is 0 Å². The van der Waals surface area contributed by atoms with Crippen LogP contribution in [0.1, 0.15) is 0 Å². The van der Waals surface area contributed by atoms with Gasteiger partial charge in [0.1, 0.15) is 5.82 Å². The second-order valence-corrected chi connectivity index (χ2v) is 4.60. The molecule has 0 saturated heterocycles. The van der Waals surface area contributed by atoms with E-state index in [4.69, 9.17) is 17.3 Å². The molecule has 6 nitrogen and oxygen atoms in total. The standard InChI is InChI=1S/C13H9ClFN5O/c14-8-4-1-5-9(10(8)15)20-12(18-19-13(20)21)7-3-2-6-17-11(7)16/h1-6H,(H2,16,17)(H,19,21). The van der Waals surface area contributed by atoms with E-state index in [2.05, 4.69) is 15.2 Å². The topological polar surface area (TPSA) is 89.6 Å². The van der Waals surface area contributed by atoms with Gasteiger partial charge in [-0.05, 0) is 24.3 Å². The van der Waals surface area contributed by atoms with Crippen LogP contribution in [0.2, 0.25) is 5.02 Å². The third-order valence-electron chi connectivity index (χ3n) is 2.92. The monoisotopic (exact) mass is 305 g/mol. The van der Waals surface area contributed by atoms with E-state index in [-0.39, 0.29) is 22.4 Å². The van der Waals surface area contributed by atoms with Crippen LogP contribution in [-0.2, 0) is 0 Å². The van der Waals surface area contributed by atoms with Gasteiger partial charge in [-0.15, -0.1) is 0 Å². The summed E-state index contributed by atoms with van der Waals surface area (Å²) < 4.78 is 15.2. The molecule has 0 unspecified atom stereocenters. The number of aromatic nitrogens is 4. The summed E-state index contributed by atoms with van der Waals surface area (Å²) in [5, 5.41) is 6.07. The Morgan fingerprint density at radius 1 is 1.29 bits per heavy atom. The molecule has 0 aliphatic carbocycles. The summed E-state index contributed by atoms with van der Waals surface area (Å²) in [4.78, 5) is 15.9. The normalized spacial score (nSPS) is 10.8. The Morgan fingerprint density at radius 2 is 2.10 bits per heavy atom. The van der Waals surface area contributed by atoms with E-state index in [1.807, 2.05) is 0 Å². The first-order valence-corrected chi connectivity index (χ1v) is 6.30. The van der Waals surface area contributed by atoms with Gasteiger partial charge in [-0.2, -0.15) is 5.10 Å². The number of hydrogen-bond donors (Lipinski definition) is 2. The van der Waals surface area contributed by atoms with Crippen molar-refractivity contribution in [3.63, 3.8) is 0 Å². The number of nitrogens with two attached hydrogens (primary N) is 1. The molecule has 1 aromatic carbocycles. The number of aromatic amines is 1. The van der Waals surface area contributed by atoms with Crippen molar-refractivity contribution >= 4 is 17.4 Å². The molecule has 2 aromatic heterocycles. The maximum absolute atomic E-state index is 14.2. The summed E-state index contributed by atoms with van der Waals surface area (Å²) in [6, 6.07) is 7.63. The summed E-state index contributed by atoms with van der Waals surface area (Å²) in [5.41, 5.74) is 5.57. The highest BCUT2D eigenvalue weighted by Crippen LogP contribution is 2.26. The molecule has 0 fully saturated rings. The van der Waals surface area contributed by atoms with Crippen molar-refractivity contribution in [1.29, 1.82) is 0 Å². The van der Waals surface area contributed by atoms with Crippen molar-refractivity contribution in [1.82, 2.24) is 19.7 Å². The molecule has 3 rings (SSSR count). The molecule has 0 spiro atoms. The van der Waals surface area contributed by atoms with Crippen molar-refractivity contribution in [2.45, 2.75) is 0 Å². The molecule has 8 heteroatoms. The van der Waals surface area contributed by atoms with Crippen LogP contribution < -0.4 is 11.4 Å². The van der Waals surface area contributed by atoms with Gasteiger partial charge in [-0.25, -0.2) is 23.8 Å². The fourth-order valence-electron chi connectivity index (χ4n) is 1.97. The fourth-order valence-corrected chi connectivity index (χ4v) is 2.14. The molecule has 21 heavy (non-hydrogen) atoms. The number of nitrogens with zero attached hydrogens (tertiary/aromatic N) is 3. The molecule has 0 aliphatic rings. The number of anilines is 1. The van der Waals surface area contributed by atoms with Crippen LogP contribution in [0.15, 0.2) is 41.3 Å². The molecular formula is C13H9ClFN5O. The lowest BCUT2D eigenvalue weighted by Crippen LogP contribution is -2.17. The Labute approximate surface area is 123 Å². The van der Waals surface area contributed by atoms with E-state index in [9.17, 15) is 9.18 Å². The molecule has 0 radical (unpaired) electrons. The molecule has 0 aliphatic heterocycles. The zero-order valence-corrected chi connectivity index (χ0v) is 11.3. The summed E-state index contributed by atoms with van der Waals surface area (Å²) in [7, 11) is 0. The van der Waals surface area contributed by atoms with Crippen molar-refractivity contribution < 1.29 is 4.39 Å². The lowest BCUT2D eigenvalue weighted by Gasteiger charge is -2.08. The highest BCUT2D eigenvalue weighted by Gasteiger charge is 2.18. The first-order valence-electron chi connectivity index (χ1n) is 5.92. The van der Waals surface area contributed by atoms with Gasteiger partial charge in [0.05, 0.1) is 16.3 Å². The predicted octanol–water partition coefficient (Wildman–Crippen LogP) is 2.00. The van der Waals surface area contributed by atoms with Crippen LogP contribution in [0.4, 0.5) is 10.2 Å². The molecule has 0 atom stereocenters. The maximum Gasteiger partial charge on any atom is 0.348 e. The van der Waals surface area contributed by atoms with Crippen LogP contribution >= 0.6 is 11.6 Å². The Balaban J connectivity index is 2.31. The minimum absolute atomic E-state index is 0.0143. The average Bonchev–Trinajstić information content (AvgIpc) is 2.84. The van der Waals surface area contributed by atoms with Crippen LogP contribution in [-0.4, -0.2) is 19.7 Å². The number of benzene rings is 1. The first-order chi connectivity index (χ1) is 10.1. The van der Waals surface area contributed by atoms with E-state index in [1.54, 1.807) is 12.1 Å². The lowest BCUT2D eigenvalue weighted by molar-refractivity contribution is 0.617. The quantitative estimate of drug-likeness (QED) is 0.757. The number of hydrogen-bond acceptors (Lipinski definition) is 4. The third-order valence-corrected chi connectivity index (χ3v) is 3.22. The van der Waals surface area contributed by atoms with E-state index in [0.29, 0.717) is 5.56 Å². The Hall–Kier alpha value is -2.67. The van der Waals surface area contributed by atoms with Crippen molar-refractivity contribution in [3.8, 4) is 17.1 Å². The molecule has 0 bridgehead atoms. The summed E-state index contributed by atoms with van der Waals surface area (Å²) in [6.07, 6.45) is 1.51. The predicted molar refractivity (Wildman–Crippen MR) is 76.8 cm³/mol. The number of H-pyrrole nitrogens is 1. The summed E-state index contributed by atoms with van der Waals surface area (Å²) in [6.45, 7) is 0. The van der Waals surface area contributed by atoms with Gasteiger partial charge >= 0.3 is 5.69 Å². The Bertz CT molecular complexity index is 873. The van der Waals surface area contributed by atoms with Crippen molar-refractivity contribution in [2.75, 3.05) is 5.73 Å². The Morgan fingerprint density at radius 3 is 2.86 bits per heavy atom. The van der Waals surface area contributed by atoms with Gasteiger partial charge in [0.15, 0.2) is 11.6 Å². The van der Waals surface area contributed by atoms with Crippen LogP contribution in [0, 0.1) is 5.82 Å². The molecule has 0 amide bonds. The lowest BCUT2D eigenvalue weighted by atomic mass is 10.2. The van der Waals surface area contributed by atoms with Crippen LogP contribution in [0.3, 0.4) is 0 Å². The Kier molecular flexibility index (Phi) is 3.19. The number of nitrogens with one attached hydrogen (secondary N) is 1. The molecule has 2 heterocycles. The molecule has 3 aromatic rings. The number of halogens is 2. The van der Waals surface area contributed by atoms with E-state index in [1.165, 1.54) is 24.4 Å². The van der Waals surface area contributed by atoms with Gasteiger partial charge in [-0.3, -0.25) is 0 Å². The first kappa shape index (κ1) is 13.3. The molecular weight excluding hydrogens is 297 g/mol. The van der Waals surface area contributed by atoms with Gasteiger partial charge in [0.25, 0.3) is 0 Å². The minimum Gasteiger partial charge on any atom is -0.383 e. The second-order valence-electron chi connectivity index (χ2n) is 4.20. The summed E-state index contributed by atoms with van der Waals surface area (Å²) in [5.74, 6) is -0.377. The number of rotatable bonds is 2. The maximum atomic E-state index is 14.2. The largest absolute Gasteiger partial charge is 0.383 e. The van der Waals surface area contributed by atoms with Gasteiger partial charge < -0.3 is 5.73 Å². The third kappa shape index (κ3) is 2.17. The molecule has 3 N–H and O–H groups in total. The van der Waals surface area contributed by atoms with Gasteiger partial charge in [0.2, 0.25) is 0 Å². The van der Waals surface area contributed by atoms with Gasteiger partial charge in [-0.1, -0.05) is 17.7 Å². The smallest absolute Gasteiger partial charge is 0.348 e. The SMILES string of the molecule is Nc1ncccc1-c1n[nH]c(=O)n1-c1cccc(Cl)c1F. The summed E-state index contributed by atoms with van der Waals surface area (Å²) >= 11 is 5.75. The highest BCUT2D eigenvalue weighted by molar-refractivity contribution is 6.30. The van der Waals surface area contributed by atoms with E-state index < -0.39 is 11.5 Å². The highest BCUT2D eigenvalue weighted by atomic mass is 35.5. The number of nitrogen functional groups attached to an aromatic ring is 1. The molecule has 0 saturated carbocycles. The van der Waals surface area contributed by atoms with Crippen LogP contribution in [0.25, 0.3) is 17.1 Å². The zero-order chi connectivity index (χ0) is 15.0. The second kappa shape index (κ2) is 5.02. The van der Waals surface area contributed by atoms with E-state index in [0.717, 1.165) is 4.57 Å². The van der Waals surface area contributed by atoms with E-state index >= 15 is 0 Å². The fraction of sp³-hybridized carbons (Fsp3) is 0. The van der Waals surface area contributed by atoms with Crippen molar-refractivity contribution in [3.05, 3.63) is 57.9 Å². The minimum atomic E-state index is -0.716. The number of pyridine rings is 1. The average molecular weight is 306 g/mol. The van der Waals surface area contributed by atoms with Gasteiger partial charge in [0, 0.05) is 6.20 Å². The molecule has 106 valence electrons. The van der Waals surface area contributed by atoms with Crippen LogP contribution in [0.5, 0.6) is 0 Å².